The Hall–Kier alpha value is -5.47. The molecule has 4 heteroatoms. The van der Waals surface area contributed by atoms with E-state index in [-0.39, 0.29) is 24.5 Å². The maximum Gasteiger partial charge on any atom is 0.248 e. The Morgan fingerprint density at radius 2 is 0.778 bits per heavy atom. The summed E-state index contributed by atoms with van der Waals surface area (Å²) in [4.78, 5) is 5.19. The second-order valence-electron chi connectivity index (χ2n) is 18.5. The molecule has 8 aromatic rings. The van der Waals surface area contributed by atoms with Gasteiger partial charge in [0.15, 0.2) is 0 Å². The zero-order valence-corrected chi connectivity index (χ0v) is 32.4. The van der Waals surface area contributed by atoms with Gasteiger partial charge in [-0.3, -0.25) is 0 Å². The standard InChI is InChI=1S/C50H42B2N2/c1-27-23-33-29-15-13-21-41-47(29)52(36-18-10-12-20-40(36)53(41)49(3,4)5)38-26-32-28(2)24-34-30-16-14-22-42-48(30)51(35-17-9-11-19-39(35)54(42)50(6,7)8)37-25-31(27)45(43(33)38)46(32)44(34)37/h9-26H,1-8H3. The number of hydrogen-bond acceptors (Lipinski definition) is 2. The minimum absolute atomic E-state index is 0.0789. The molecule has 0 amide bonds. The molecule has 0 atom stereocenters. The van der Waals surface area contributed by atoms with Crippen LogP contribution in [0.3, 0.4) is 0 Å². The van der Waals surface area contributed by atoms with Crippen molar-refractivity contribution in [3.63, 3.8) is 0 Å². The normalized spacial score (nSPS) is 14.9. The van der Waals surface area contributed by atoms with Gasteiger partial charge in [0, 0.05) is 33.8 Å². The average molecular weight is 693 g/mol. The first kappa shape index (κ1) is 30.9. The van der Waals surface area contributed by atoms with Gasteiger partial charge in [0.1, 0.15) is 0 Å². The summed E-state index contributed by atoms with van der Waals surface area (Å²) in [5.74, 6) is 0. The minimum atomic E-state index is -0.0789. The summed E-state index contributed by atoms with van der Waals surface area (Å²) in [5, 5.41) is 8.60. The van der Waals surface area contributed by atoms with Crippen LogP contribution in [0.5, 0.6) is 0 Å². The summed E-state index contributed by atoms with van der Waals surface area (Å²) >= 11 is 0. The van der Waals surface area contributed by atoms with Gasteiger partial charge in [-0.2, -0.15) is 0 Å². The summed E-state index contributed by atoms with van der Waals surface area (Å²) in [6.45, 7) is 19.1. The van der Waals surface area contributed by atoms with Crippen LogP contribution >= 0.6 is 0 Å². The lowest BCUT2D eigenvalue weighted by Gasteiger charge is -2.47. The quantitative estimate of drug-likeness (QED) is 0.116. The third-order valence-corrected chi connectivity index (χ3v) is 13.3. The molecule has 4 heterocycles. The van der Waals surface area contributed by atoms with Crippen LogP contribution in [-0.4, -0.2) is 24.5 Å². The van der Waals surface area contributed by atoms with E-state index in [1.54, 1.807) is 0 Å². The molecule has 0 aliphatic carbocycles. The van der Waals surface area contributed by atoms with E-state index in [1.165, 1.54) is 121 Å². The van der Waals surface area contributed by atoms with Gasteiger partial charge >= 0.3 is 0 Å². The lowest BCUT2D eigenvalue weighted by molar-refractivity contribution is 0.561. The summed E-state index contributed by atoms with van der Waals surface area (Å²) in [6, 6.07) is 42.8. The molecule has 2 nitrogen and oxygen atoms in total. The molecule has 0 saturated carbocycles. The third kappa shape index (κ3) is 3.56. The first-order valence-corrected chi connectivity index (χ1v) is 19.8. The van der Waals surface area contributed by atoms with E-state index in [1.807, 2.05) is 0 Å². The fourth-order valence-electron chi connectivity index (χ4n) is 11.6. The van der Waals surface area contributed by atoms with Gasteiger partial charge in [-0.25, -0.2) is 0 Å². The molecule has 0 bridgehead atoms. The van der Waals surface area contributed by atoms with E-state index < -0.39 is 0 Å². The van der Waals surface area contributed by atoms with Crippen molar-refractivity contribution in [1.29, 1.82) is 0 Å². The number of fused-ring (bicyclic) bond motifs is 8. The van der Waals surface area contributed by atoms with E-state index in [9.17, 15) is 0 Å². The van der Waals surface area contributed by atoms with E-state index >= 15 is 0 Å². The zero-order chi connectivity index (χ0) is 36.7. The number of aryl methyl sites for hydroxylation is 2. The molecule has 0 fully saturated rings. The Morgan fingerprint density at radius 3 is 1.19 bits per heavy atom. The monoisotopic (exact) mass is 692 g/mol. The molecular formula is C50H42B2N2. The minimum Gasteiger partial charge on any atom is -0.337 e. The predicted octanol–water partition coefficient (Wildman–Crippen LogP) is 8.69. The van der Waals surface area contributed by atoms with E-state index in [0.717, 1.165) is 0 Å². The zero-order valence-electron chi connectivity index (χ0n) is 32.4. The number of rotatable bonds is 0. The second kappa shape index (κ2) is 9.79. The molecule has 0 saturated heterocycles. The highest BCUT2D eigenvalue weighted by molar-refractivity contribution is 7.02. The Balaban J connectivity index is 1.26. The van der Waals surface area contributed by atoms with Crippen molar-refractivity contribution < 1.29 is 0 Å². The van der Waals surface area contributed by atoms with Crippen molar-refractivity contribution >= 4 is 101 Å². The molecule has 54 heavy (non-hydrogen) atoms. The van der Waals surface area contributed by atoms with Crippen LogP contribution in [0.4, 0.5) is 22.7 Å². The van der Waals surface area contributed by atoms with Gasteiger partial charge in [0.05, 0.1) is 0 Å². The molecule has 0 aromatic heterocycles. The lowest BCUT2D eigenvalue weighted by atomic mass is 9.31. The van der Waals surface area contributed by atoms with Gasteiger partial charge in [0.25, 0.3) is 0 Å². The first-order valence-electron chi connectivity index (χ1n) is 19.8. The van der Waals surface area contributed by atoms with Crippen molar-refractivity contribution in [3.8, 4) is 22.3 Å². The molecule has 0 N–H and O–H groups in total. The van der Waals surface area contributed by atoms with Crippen LogP contribution in [-0.2, 0) is 0 Å². The molecular weight excluding hydrogens is 650 g/mol. The number of para-hydroxylation sites is 2. The predicted molar refractivity (Wildman–Crippen MR) is 236 cm³/mol. The second-order valence-corrected chi connectivity index (χ2v) is 18.5. The van der Waals surface area contributed by atoms with Crippen LogP contribution in [0.1, 0.15) is 52.7 Å². The Bertz CT molecular complexity index is 2810. The van der Waals surface area contributed by atoms with Gasteiger partial charge in [-0.15, -0.1) is 0 Å². The molecule has 4 aliphatic heterocycles. The summed E-state index contributed by atoms with van der Waals surface area (Å²) in [7, 11) is 0. The Labute approximate surface area is 318 Å². The highest BCUT2D eigenvalue weighted by Gasteiger charge is 2.46. The van der Waals surface area contributed by atoms with Crippen molar-refractivity contribution in [2.75, 3.05) is 9.80 Å². The highest BCUT2D eigenvalue weighted by Crippen LogP contribution is 2.49. The largest absolute Gasteiger partial charge is 0.337 e. The van der Waals surface area contributed by atoms with Gasteiger partial charge in [0.2, 0.25) is 13.4 Å². The topological polar surface area (TPSA) is 6.48 Å². The summed E-state index contributed by atoms with van der Waals surface area (Å²) in [5.41, 5.74) is 22.1. The summed E-state index contributed by atoms with van der Waals surface area (Å²) < 4.78 is 0. The average Bonchev–Trinajstić information content (AvgIpc) is 3.14. The smallest absolute Gasteiger partial charge is 0.248 e. The maximum atomic E-state index is 2.62. The van der Waals surface area contributed by atoms with Gasteiger partial charge in [-0.1, -0.05) is 95.9 Å². The van der Waals surface area contributed by atoms with Crippen LogP contribution in [0.25, 0.3) is 54.6 Å². The van der Waals surface area contributed by atoms with Crippen molar-refractivity contribution in [2.45, 2.75) is 66.5 Å². The third-order valence-electron chi connectivity index (χ3n) is 13.3. The molecule has 0 unspecified atom stereocenters. The van der Waals surface area contributed by atoms with Crippen molar-refractivity contribution in [1.82, 2.24) is 0 Å². The van der Waals surface area contributed by atoms with Crippen LogP contribution in [0, 0.1) is 13.8 Å². The number of anilines is 4. The fourth-order valence-corrected chi connectivity index (χ4v) is 11.6. The van der Waals surface area contributed by atoms with E-state index in [4.69, 9.17) is 0 Å². The van der Waals surface area contributed by atoms with E-state index in [2.05, 4.69) is 174 Å². The van der Waals surface area contributed by atoms with Gasteiger partial charge < -0.3 is 9.80 Å². The lowest BCUT2D eigenvalue weighted by Crippen LogP contribution is -2.62. The number of benzene rings is 8. The van der Waals surface area contributed by atoms with Crippen molar-refractivity contribution in [2.24, 2.45) is 0 Å². The SMILES string of the molecule is Cc1cc2c3c(cc4c(C)cc5c6c(cc1c3c46)B1c3ccccc3N(C(C)(C)C)c3cccc-5c31)B1c3ccccc3N(C(C)(C)C)c3cccc-2c31. The molecule has 258 valence electrons. The molecule has 8 aromatic carbocycles. The Kier molecular flexibility index (Phi) is 5.61. The van der Waals surface area contributed by atoms with Gasteiger partial charge in [-0.05, 0) is 167 Å². The van der Waals surface area contributed by atoms with E-state index in [0.29, 0.717) is 0 Å². The first-order chi connectivity index (χ1) is 25.9. The summed E-state index contributed by atoms with van der Waals surface area (Å²) in [6.07, 6.45) is 0. The van der Waals surface area contributed by atoms with Crippen LogP contribution in [0.15, 0.2) is 109 Å². The highest BCUT2D eigenvalue weighted by atomic mass is 15.2. The maximum absolute atomic E-state index is 2.62. The number of nitrogens with zero attached hydrogens (tertiary/aromatic N) is 2. The van der Waals surface area contributed by atoms with Crippen molar-refractivity contribution in [3.05, 3.63) is 120 Å². The van der Waals surface area contributed by atoms with Crippen LogP contribution in [0.2, 0.25) is 0 Å². The molecule has 12 rings (SSSR count). The number of hydrogen-bond donors (Lipinski definition) is 0. The molecule has 0 radical (unpaired) electrons. The Morgan fingerprint density at radius 1 is 0.389 bits per heavy atom. The molecule has 4 aliphatic rings. The molecule has 0 spiro atoms. The van der Waals surface area contributed by atoms with Crippen LogP contribution < -0.4 is 42.6 Å². The fraction of sp³-hybridized carbons (Fsp3) is 0.200.